The van der Waals surface area contributed by atoms with E-state index in [0.717, 1.165) is 19.2 Å². The van der Waals surface area contributed by atoms with E-state index in [1.54, 1.807) is 11.3 Å². The van der Waals surface area contributed by atoms with Crippen LogP contribution in [0, 0.1) is 6.92 Å². The SMILES string of the molecule is C=C=C(I)c1nc(C)sc1C=C. The minimum absolute atomic E-state index is 0.947. The molecule has 0 bridgehead atoms. The molecule has 1 rings (SSSR count). The van der Waals surface area contributed by atoms with Crippen LogP contribution in [-0.2, 0) is 0 Å². The number of hydrogen-bond acceptors (Lipinski definition) is 2. The Kier molecular flexibility index (Phi) is 3.26. The maximum Gasteiger partial charge on any atom is 0.103 e. The topological polar surface area (TPSA) is 12.9 Å². The molecule has 0 fully saturated rings. The second-order valence-corrected chi connectivity index (χ2v) is 4.45. The molecule has 0 N–H and O–H groups in total. The third kappa shape index (κ3) is 1.86. The quantitative estimate of drug-likeness (QED) is 0.598. The average Bonchev–Trinajstić information content (AvgIpc) is 2.45. The van der Waals surface area contributed by atoms with E-state index in [2.05, 4.69) is 46.5 Å². The van der Waals surface area contributed by atoms with E-state index < -0.39 is 0 Å². The Labute approximate surface area is 89.7 Å². The van der Waals surface area contributed by atoms with Gasteiger partial charge in [0.05, 0.1) is 13.5 Å². The van der Waals surface area contributed by atoms with E-state index in [0.29, 0.717) is 0 Å². The normalized spacial score (nSPS) is 9.17. The van der Waals surface area contributed by atoms with Gasteiger partial charge in [-0.15, -0.1) is 17.1 Å². The van der Waals surface area contributed by atoms with E-state index in [-0.39, 0.29) is 0 Å². The molecule has 1 aromatic heterocycles. The van der Waals surface area contributed by atoms with E-state index in [1.165, 1.54) is 0 Å². The van der Waals surface area contributed by atoms with Crippen LogP contribution in [0.4, 0.5) is 0 Å². The lowest BCUT2D eigenvalue weighted by molar-refractivity contribution is 1.27. The van der Waals surface area contributed by atoms with Crippen molar-refractivity contribution in [3.8, 4) is 0 Å². The lowest BCUT2D eigenvalue weighted by Gasteiger charge is -1.90. The van der Waals surface area contributed by atoms with Crippen LogP contribution in [0.1, 0.15) is 15.6 Å². The van der Waals surface area contributed by atoms with Crippen molar-refractivity contribution in [3.63, 3.8) is 0 Å². The van der Waals surface area contributed by atoms with E-state index in [4.69, 9.17) is 0 Å². The van der Waals surface area contributed by atoms with Gasteiger partial charge in [0.15, 0.2) is 0 Å². The van der Waals surface area contributed by atoms with Crippen molar-refractivity contribution >= 4 is 43.6 Å². The molecule has 0 aliphatic heterocycles. The highest BCUT2D eigenvalue weighted by molar-refractivity contribution is 14.1. The molecule has 0 radical (unpaired) electrons. The van der Waals surface area contributed by atoms with Crippen LogP contribution >= 0.6 is 33.9 Å². The molecule has 62 valence electrons. The van der Waals surface area contributed by atoms with Gasteiger partial charge >= 0.3 is 0 Å². The van der Waals surface area contributed by atoms with Crippen molar-refractivity contribution < 1.29 is 0 Å². The lowest BCUT2D eigenvalue weighted by atomic mass is 10.3. The number of aryl methyl sites for hydroxylation is 1. The van der Waals surface area contributed by atoms with Gasteiger partial charge < -0.3 is 0 Å². The molecule has 0 aliphatic carbocycles. The number of nitrogens with zero attached hydrogens (tertiary/aromatic N) is 1. The summed E-state index contributed by atoms with van der Waals surface area (Å²) in [6.45, 7) is 9.29. The molecule has 1 nitrogen and oxygen atoms in total. The van der Waals surface area contributed by atoms with E-state index >= 15 is 0 Å². The molecule has 0 unspecified atom stereocenters. The van der Waals surface area contributed by atoms with Crippen LogP contribution < -0.4 is 0 Å². The molecule has 12 heavy (non-hydrogen) atoms. The number of halogens is 1. The molecule has 0 aliphatic rings. The maximum absolute atomic E-state index is 4.35. The molecule has 0 saturated carbocycles. The highest BCUT2D eigenvalue weighted by atomic mass is 127. The third-order valence-corrected chi connectivity index (χ3v) is 3.17. The summed E-state index contributed by atoms with van der Waals surface area (Å²) in [5.41, 5.74) is 3.77. The van der Waals surface area contributed by atoms with Crippen molar-refractivity contribution in [2.75, 3.05) is 0 Å². The molecule has 3 heteroatoms. The monoisotopic (exact) mass is 289 g/mol. The van der Waals surface area contributed by atoms with Crippen molar-refractivity contribution in [1.29, 1.82) is 0 Å². The van der Waals surface area contributed by atoms with Crippen LogP contribution in [0.25, 0.3) is 9.66 Å². The fourth-order valence-electron chi connectivity index (χ4n) is 0.822. The van der Waals surface area contributed by atoms with Crippen molar-refractivity contribution in [2.24, 2.45) is 0 Å². The van der Waals surface area contributed by atoms with Gasteiger partial charge in [0, 0.05) is 0 Å². The summed E-state index contributed by atoms with van der Waals surface area (Å²) in [6.07, 6.45) is 1.82. The largest absolute Gasteiger partial charge is 0.240 e. The summed E-state index contributed by atoms with van der Waals surface area (Å²) in [5.74, 6) is 0. The first kappa shape index (κ1) is 9.71. The van der Waals surface area contributed by atoms with E-state index in [9.17, 15) is 0 Å². The van der Waals surface area contributed by atoms with Gasteiger partial charge in [-0.1, -0.05) is 13.2 Å². The average molecular weight is 289 g/mol. The number of rotatable bonds is 2. The zero-order valence-corrected chi connectivity index (χ0v) is 9.70. The van der Waals surface area contributed by atoms with Gasteiger partial charge in [-0.05, 0) is 35.6 Å². The first-order chi connectivity index (χ1) is 5.69. The van der Waals surface area contributed by atoms with Gasteiger partial charge in [-0.25, -0.2) is 4.98 Å². The van der Waals surface area contributed by atoms with Crippen molar-refractivity contribution in [2.45, 2.75) is 6.92 Å². The Morgan fingerprint density at radius 2 is 2.42 bits per heavy atom. The van der Waals surface area contributed by atoms with Crippen LogP contribution in [0.5, 0.6) is 0 Å². The van der Waals surface area contributed by atoms with Gasteiger partial charge in [0.2, 0.25) is 0 Å². The van der Waals surface area contributed by atoms with Crippen molar-refractivity contribution in [3.05, 3.63) is 34.5 Å². The van der Waals surface area contributed by atoms with Gasteiger partial charge in [0.25, 0.3) is 0 Å². The second-order valence-electron chi connectivity index (χ2n) is 2.14. The highest BCUT2D eigenvalue weighted by Crippen LogP contribution is 2.28. The van der Waals surface area contributed by atoms with Gasteiger partial charge in [-0.3, -0.25) is 0 Å². The lowest BCUT2D eigenvalue weighted by Crippen LogP contribution is -1.78. The molecule has 0 aromatic carbocycles. The summed E-state index contributed by atoms with van der Waals surface area (Å²) in [6, 6.07) is 0. The van der Waals surface area contributed by atoms with Crippen LogP contribution in [-0.4, -0.2) is 4.98 Å². The molecule has 0 amide bonds. The van der Waals surface area contributed by atoms with Gasteiger partial charge in [-0.2, -0.15) is 0 Å². The first-order valence-electron chi connectivity index (χ1n) is 3.34. The summed E-state index contributed by atoms with van der Waals surface area (Å²) < 4.78 is 0.951. The Hall–Kier alpha value is -0.380. The van der Waals surface area contributed by atoms with Crippen molar-refractivity contribution in [1.82, 2.24) is 4.98 Å². The predicted molar refractivity (Wildman–Crippen MR) is 63.5 cm³/mol. The second kappa shape index (κ2) is 4.03. The van der Waals surface area contributed by atoms with E-state index in [1.807, 2.05) is 13.0 Å². The summed E-state index contributed by atoms with van der Waals surface area (Å²) in [7, 11) is 0. The molecule has 1 aromatic rings. The number of aromatic nitrogens is 1. The molecular formula is C9H8INS. The molecule has 0 saturated heterocycles. The molecule has 0 spiro atoms. The highest BCUT2D eigenvalue weighted by Gasteiger charge is 2.07. The third-order valence-electron chi connectivity index (χ3n) is 1.31. The Balaban J connectivity index is 3.31. The standard InChI is InChI=1S/C9H8INS/c1-4-7(10)9-8(5-2)12-6(3)11-9/h5H,1-2H2,3H3. The minimum atomic E-state index is 0.947. The molecule has 0 atom stereocenters. The zero-order chi connectivity index (χ0) is 9.14. The fourth-order valence-corrected chi connectivity index (χ4v) is 2.20. The summed E-state index contributed by atoms with van der Waals surface area (Å²) in [5, 5.41) is 1.05. The Bertz CT molecular complexity index is 359. The number of thiazole rings is 1. The number of hydrogen-bond donors (Lipinski definition) is 0. The Morgan fingerprint density at radius 1 is 1.75 bits per heavy atom. The zero-order valence-electron chi connectivity index (χ0n) is 6.72. The van der Waals surface area contributed by atoms with Crippen LogP contribution in [0.2, 0.25) is 0 Å². The van der Waals surface area contributed by atoms with Crippen LogP contribution in [0.15, 0.2) is 18.9 Å². The maximum atomic E-state index is 4.35. The molecular weight excluding hydrogens is 281 g/mol. The predicted octanol–water partition coefficient (Wildman–Crippen LogP) is 3.66. The Morgan fingerprint density at radius 3 is 2.92 bits per heavy atom. The van der Waals surface area contributed by atoms with Gasteiger partial charge in [0.1, 0.15) is 5.69 Å². The summed E-state index contributed by atoms with van der Waals surface area (Å²) >= 11 is 3.81. The first-order valence-corrected chi connectivity index (χ1v) is 5.24. The summed E-state index contributed by atoms with van der Waals surface area (Å²) in [4.78, 5) is 5.44. The van der Waals surface area contributed by atoms with Crippen LogP contribution in [0.3, 0.4) is 0 Å². The fraction of sp³-hybridized carbons (Fsp3) is 0.111. The minimum Gasteiger partial charge on any atom is -0.240 e. The molecule has 1 heterocycles. The smallest absolute Gasteiger partial charge is 0.103 e.